The van der Waals surface area contributed by atoms with Gasteiger partial charge in [0.15, 0.2) is 0 Å². The standard InChI is InChI=1S/C14H17N3O2/c1-10(18)15-8-3-4-11-7-9-16-12-5-6-13(19-2)17-14(11)12/h5-7,9H,3-4,8H2,1-2H3,(H,15,18). The van der Waals surface area contributed by atoms with Gasteiger partial charge in [-0.15, -0.1) is 0 Å². The summed E-state index contributed by atoms with van der Waals surface area (Å²) in [4.78, 5) is 19.5. The number of hydrogen-bond acceptors (Lipinski definition) is 4. The number of hydrogen-bond donors (Lipinski definition) is 1. The van der Waals surface area contributed by atoms with Crippen molar-refractivity contribution in [1.29, 1.82) is 0 Å². The maximum atomic E-state index is 10.8. The van der Waals surface area contributed by atoms with Crippen LogP contribution in [0.3, 0.4) is 0 Å². The Morgan fingerprint density at radius 3 is 2.95 bits per heavy atom. The van der Waals surface area contributed by atoms with Crippen LogP contribution in [0, 0.1) is 0 Å². The molecule has 0 radical (unpaired) electrons. The molecule has 0 bridgehead atoms. The van der Waals surface area contributed by atoms with Crippen LogP contribution in [0.2, 0.25) is 0 Å². The summed E-state index contributed by atoms with van der Waals surface area (Å²) in [7, 11) is 1.60. The third kappa shape index (κ3) is 3.40. The van der Waals surface area contributed by atoms with Gasteiger partial charge in [-0.1, -0.05) is 0 Å². The van der Waals surface area contributed by atoms with Gasteiger partial charge in [0.05, 0.1) is 18.1 Å². The van der Waals surface area contributed by atoms with Gasteiger partial charge in [-0.25, -0.2) is 4.98 Å². The van der Waals surface area contributed by atoms with Crippen LogP contribution in [0.15, 0.2) is 24.4 Å². The minimum Gasteiger partial charge on any atom is -0.481 e. The number of carbonyl (C=O) groups is 1. The quantitative estimate of drug-likeness (QED) is 0.830. The van der Waals surface area contributed by atoms with Gasteiger partial charge >= 0.3 is 0 Å². The second kappa shape index (κ2) is 6.13. The zero-order valence-electron chi connectivity index (χ0n) is 11.1. The van der Waals surface area contributed by atoms with Crippen molar-refractivity contribution in [3.63, 3.8) is 0 Å². The maximum Gasteiger partial charge on any atom is 0.216 e. The Kier molecular flexibility index (Phi) is 4.28. The molecule has 0 saturated carbocycles. The zero-order chi connectivity index (χ0) is 13.7. The molecule has 5 nitrogen and oxygen atoms in total. The van der Waals surface area contributed by atoms with Gasteiger partial charge in [0.1, 0.15) is 0 Å². The van der Waals surface area contributed by atoms with Crippen molar-refractivity contribution in [2.75, 3.05) is 13.7 Å². The van der Waals surface area contributed by atoms with E-state index in [1.165, 1.54) is 6.92 Å². The SMILES string of the molecule is COc1ccc2nccc(CCCNC(C)=O)c2n1. The fourth-order valence-electron chi connectivity index (χ4n) is 1.92. The summed E-state index contributed by atoms with van der Waals surface area (Å²) >= 11 is 0. The minimum atomic E-state index is -0.000573. The number of pyridine rings is 2. The molecule has 0 fully saturated rings. The van der Waals surface area contributed by atoms with Crippen molar-refractivity contribution in [3.8, 4) is 5.88 Å². The molecular weight excluding hydrogens is 242 g/mol. The summed E-state index contributed by atoms with van der Waals surface area (Å²) in [5.41, 5.74) is 2.84. The predicted molar refractivity (Wildman–Crippen MR) is 73.1 cm³/mol. The lowest BCUT2D eigenvalue weighted by molar-refractivity contribution is -0.118. The van der Waals surface area contributed by atoms with Crippen molar-refractivity contribution >= 4 is 16.9 Å². The van der Waals surface area contributed by atoms with Crippen LogP contribution in [-0.2, 0) is 11.2 Å². The summed E-state index contributed by atoms with van der Waals surface area (Å²) in [5, 5.41) is 2.79. The van der Waals surface area contributed by atoms with Crippen LogP contribution in [0.25, 0.3) is 11.0 Å². The first-order valence-corrected chi connectivity index (χ1v) is 6.24. The number of methoxy groups -OCH3 is 1. The maximum absolute atomic E-state index is 10.8. The first-order chi connectivity index (χ1) is 9.20. The van der Waals surface area contributed by atoms with Crippen molar-refractivity contribution in [2.24, 2.45) is 0 Å². The van der Waals surface area contributed by atoms with E-state index in [1.807, 2.05) is 12.1 Å². The van der Waals surface area contributed by atoms with E-state index in [0.717, 1.165) is 29.4 Å². The molecule has 2 rings (SSSR count). The van der Waals surface area contributed by atoms with Crippen LogP contribution < -0.4 is 10.1 Å². The summed E-state index contributed by atoms with van der Waals surface area (Å²) < 4.78 is 5.14. The number of fused-ring (bicyclic) bond motifs is 1. The number of aromatic nitrogens is 2. The van der Waals surface area contributed by atoms with E-state index in [4.69, 9.17) is 4.74 Å². The van der Waals surface area contributed by atoms with Crippen LogP contribution in [0.4, 0.5) is 0 Å². The summed E-state index contributed by atoms with van der Waals surface area (Å²) in [5.74, 6) is 0.586. The first kappa shape index (κ1) is 13.3. The molecule has 0 saturated heterocycles. The number of nitrogens with one attached hydrogen (secondary N) is 1. The fraction of sp³-hybridized carbons (Fsp3) is 0.357. The highest BCUT2D eigenvalue weighted by atomic mass is 16.5. The highest BCUT2D eigenvalue weighted by molar-refractivity contribution is 5.78. The lowest BCUT2D eigenvalue weighted by atomic mass is 10.1. The zero-order valence-corrected chi connectivity index (χ0v) is 11.1. The monoisotopic (exact) mass is 259 g/mol. The number of amides is 1. The molecule has 2 heterocycles. The van der Waals surface area contributed by atoms with E-state index in [9.17, 15) is 4.79 Å². The summed E-state index contributed by atoms with van der Waals surface area (Å²) in [6.45, 7) is 2.19. The lowest BCUT2D eigenvalue weighted by Crippen LogP contribution is -2.21. The molecule has 5 heteroatoms. The Bertz CT molecular complexity index is 584. The van der Waals surface area contributed by atoms with E-state index in [1.54, 1.807) is 19.4 Å². The molecule has 0 aliphatic rings. The fourth-order valence-corrected chi connectivity index (χ4v) is 1.92. The molecule has 2 aromatic heterocycles. The molecular formula is C14H17N3O2. The largest absolute Gasteiger partial charge is 0.481 e. The molecule has 0 unspecified atom stereocenters. The van der Waals surface area contributed by atoms with E-state index >= 15 is 0 Å². The second-order valence-electron chi connectivity index (χ2n) is 4.28. The molecule has 0 aliphatic carbocycles. The molecule has 2 aromatic rings. The molecule has 100 valence electrons. The van der Waals surface area contributed by atoms with Crippen LogP contribution >= 0.6 is 0 Å². The van der Waals surface area contributed by atoms with Crippen molar-refractivity contribution in [2.45, 2.75) is 19.8 Å². The van der Waals surface area contributed by atoms with Crippen molar-refractivity contribution < 1.29 is 9.53 Å². The number of carbonyl (C=O) groups excluding carboxylic acids is 1. The molecule has 0 aliphatic heterocycles. The molecule has 0 spiro atoms. The van der Waals surface area contributed by atoms with E-state index in [0.29, 0.717) is 12.4 Å². The molecule has 1 amide bonds. The number of rotatable bonds is 5. The van der Waals surface area contributed by atoms with Gasteiger partial charge in [-0.3, -0.25) is 9.78 Å². The molecule has 0 atom stereocenters. The van der Waals surface area contributed by atoms with E-state index in [-0.39, 0.29) is 5.91 Å². The Labute approximate surface area is 112 Å². The van der Waals surface area contributed by atoms with Gasteiger partial charge in [0, 0.05) is 25.7 Å². The normalized spacial score (nSPS) is 10.4. The minimum absolute atomic E-state index is 0.000573. The number of aryl methyl sites for hydroxylation is 1. The Morgan fingerprint density at radius 1 is 1.37 bits per heavy atom. The Hall–Kier alpha value is -2.17. The van der Waals surface area contributed by atoms with Crippen LogP contribution in [-0.4, -0.2) is 29.5 Å². The van der Waals surface area contributed by atoms with E-state index < -0.39 is 0 Å². The Balaban J connectivity index is 2.15. The van der Waals surface area contributed by atoms with Crippen molar-refractivity contribution in [1.82, 2.24) is 15.3 Å². The highest BCUT2D eigenvalue weighted by Gasteiger charge is 2.05. The third-order valence-corrected chi connectivity index (χ3v) is 2.85. The first-order valence-electron chi connectivity index (χ1n) is 6.24. The van der Waals surface area contributed by atoms with Gasteiger partial charge in [0.2, 0.25) is 11.8 Å². The number of nitrogens with zero attached hydrogens (tertiary/aromatic N) is 2. The smallest absolute Gasteiger partial charge is 0.216 e. The van der Waals surface area contributed by atoms with E-state index in [2.05, 4.69) is 15.3 Å². The van der Waals surface area contributed by atoms with Gasteiger partial charge in [-0.2, -0.15) is 0 Å². The average molecular weight is 259 g/mol. The summed E-state index contributed by atoms with van der Waals surface area (Å²) in [6, 6.07) is 5.66. The second-order valence-corrected chi connectivity index (χ2v) is 4.28. The average Bonchev–Trinajstić information content (AvgIpc) is 2.43. The molecule has 1 N–H and O–H groups in total. The summed E-state index contributed by atoms with van der Waals surface area (Å²) in [6.07, 6.45) is 3.50. The van der Waals surface area contributed by atoms with Gasteiger partial charge < -0.3 is 10.1 Å². The molecule has 0 aromatic carbocycles. The third-order valence-electron chi connectivity index (χ3n) is 2.85. The van der Waals surface area contributed by atoms with Crippen LogP contribution in [0.1, 0.15) is 18.9 Å². The van der Waals surface area contributed by atoms with Crippen LogP contribution in [0.5, 0.6) is 5.88 Å². The molecule has 19 heavy (non-hydrogen) atoms. The van der Waals surface area contributed by atoms with Gasteiger partial charge in [-0.05, 0) is 30.5 Å². The highest BCUT2D eigenvalue weighted by Crippen LogP contribution is 2.19. The number of ether oxygens (including phenoxy) is 1. The van der Waals surface area contributed by atoms with Gasteiger partial charge in [0.25, 0.3) is 0 Å². The lowest BCUT2D eigenvalue weighted by Gasteiger charge is -2.07. The topological polar surface area (TPSA) is 64.1 Å². The van der Waals surface area contributed by atoms with Crippen molar-refractivity contribution in [3.05, 3.63) is 30.0 Å². The predicted octanol–water partition coefficient (Wildman–Crippen LogP) is 1.71. The Morgan fingerprint density at radius 2 is 2.21 bits per heavy atom.